The summed E-state index contributed by atoms with van der Waals surface area (Å²) in [5.74, 6) is -0.838. The third kappa shape index (κ3) is 12.5. The number of anilines is 2. The summed E-state index contributed by atoms with van der Waals surface area (Å²) in [6.45, 7) is 10.2. The fraction of sp³-hybridized carbons (Fsp3) is 0.471. The van der Waals surface area contributed by atoms with Gasteiger partial charge in [-0.2, -0.15) is 0 Å². The maximum absolute atomic E-state index is 13.0. The van der Waals surface area contributed by atoms with Crippen LogP contribution >= 0.6 is 0 Å². The van der Waals surface area contributed by atoms with Crippen molar-refractivity contribution in [2.75, 3.05) is 23.7 Å². The number of hydrogen-bond donors (Lipinski definition) is 8. The molecular weight excluding hydrogens is 640 g/mol. The number of aryl methyl sites for hydroxylation is 2. The van der Waals surface area contributed by atoms with Crippen molar-refractivity contribution in [2.24, 2.45) is 23.3 Å². The molecule has 3 aromatic heterocycles. The van der Waals surface area contributed by atoms with E-state index < -0.39 is 11.8 Å². The van der Waals surface area contributed by atoms with Crippen molar-refractivity contribution in [1.82, 2.24) is 29.7 Å². The van der Waals surface area contributed by atoms with Gasteiger partial charge in [-0.1, -0.05) is 27.7 Å². The van der Waals surface area contributed by atoms with E-state index in [1.54, 1.807) is 33.7 Å². The van der Waals surface area contributed by atoms with Crippen LogP contribution in [0.25, 0.3) is 0 Å². The van der Waals surface area contributed by atoms with Gasteiger partial charge >= 0.3 is 0 Å². The summed E-state index contributed by atoms with van der Waals surface area (Å²) < 4.78 is 3.57. The topological polar surface area (TPSA) is 252 Å². The minimum absolute atomic E-state index is 0.0321. The maximum atomic E-state index is 13.0. The van der Waals surface area contributed by atoms with Crippen molar-refractivity contribution in [3.63, 3.8) is 0 Å². The second-order valence-electron chi connectivity index (χ2n) is 12.9. The van der Waals surface area contributed by atoms with E-state index in [0.717, 1.165) is 12.8 Å². The van der Waals surface area contributed by atoms with Crippen LogP contribution in [-0.2, 0) is 13.1 Å². The number of rotatable bonds is 20. The van der Waals surface area contributed by atoms with E-state index >= 15 is 0 Å². The average molecular weight is 691 g/mol. The molecule has 0 aromatic carbocycles. The molecule has 4 amide bonds. The number of nitrogens with zero attached hydrogens (tertiary/aromatic N) is 4. The Hall–Kier alpha value is -5.54. The number of nitrogens with one attached hydrogen (secondary N) is 6. The molecule has 16 nitrogen and oxygen atoms in total. The Bertz CT molecular complexity index is 1540. The highest BCUT2D eigenvalue weighted by molar-refractivity contribution is 6.06. The monoisotopic (exact) mass is 690 g/mol. The van der Waals surface area contributed by atoms with Crippen molar-refractivity contribution in [2.45, 2.75) is 79.3 Å². The molecular formula is C34H50N12O4. The molecule has 3 aromatic rings. The largest absolute Gasteiger partial charge is 0.388 e. The normalized spacial score (nSPS) is 11.0. The highest BCUT2D eigenvalue weighted by Crippen LogP contribution is 2.19. The summed E-state index contributed by atoms with van der Waals surface area (Å²) >= 11 is 0. The molecule has 16 heteroatoms. The number of carbonyl (C=O) groups is 4. The maximum Gasteiger partial charge on any atom is 0.275 e. The van der Waals surface area contributed by atoms with Gasteiger partial charge in [-0.3, -0.25) is 30.0 Å². The molecule has 0 fully saturated rings. The molecule has 0 aliphatic carbocycles. The lowest BCUT2D eigenvalue weighted by Crippen LogP contribution is -2.27. The van der Waals surface area contributed by atoms with Crippen LogP contribution in [0.3, 0.4) is 0 Å². The first-order chi connectivity index (χ1) is 23.7. The second kappa shape index (κ2) is 18.9. The van der Waals surface area contributed by atoms with Gasteiger partial charge in [0.2, 0.25) is 0 Å². The van der Waals surface area contributed by atoms with E-state index in [9.17, 15) is 19.2 Å². The van der Waals surface area contributed by atoms with Crippen molar-refractivity contribution in [1.29, 1.82) is 10.8 Å². The van der Waals surface area contributed by atoms with Crippen LogP contribution in [-0.4, -0.2) is 67.5 Å². The van der Waals surface area contributed by atoms with Crippen molar-refractivity contribution >= 4 is 46.7 Å². The van der Waals surface area contributed by atoms with Crippen LogP contribution in [0.1, 0.15) is 108 Å². The van der Waals surface area contributed by atoms with Gasteiger partial charge in [-0.05, 0) is 49.7 Å². The van der Waals surface area contributed by atoms with Gasteiger partial charge < -0.3 is 41.9 Å². The Kier molecular flexibility index (Phi) is 14.7. The van der Waals surface area contributed by atoms with Gasteiger partial charge in [0.1, 0.15) is 22.8 Å². The first kappa shape index (κ1) is 38.9. The van der Waals surface area contributed by atoms with Crippen LogP contribution in [0.5, 0.6) is 0 Å². The lowest BCUT2D eigenvalue weighted by Gasteiger charge is -2.11. The molecule has 0 unspecified atom stereocenters. The summed E-state index contributed by atoms with van der Waals surface area (Å²) in [6, 6.07) is 3.17. The molecule has 3 rings (SSSR count). The average Bonchev–Trinajstić information content (AvgIpc) is 3.66. The van der Waals surface area contributed by atoms with Gasteiger partial charge in [0.25, 0.3) is 23.6 Å². The molecule has 0 aliphatic heterocycles. The smallest absolute Gasteiger partial charge is 0.275 e. The molecule has 0 saturated carbocycles. The van der Waals surface area contributed by atoms with Crippen molar-refractivity contribution in [3.05, 3.63) is 59.7 Å². The van der Waals surface area contributed by atoms with Crippen LogP contribution in [0, 0.1) is 22.7 Å². The van der Waals surface area contributed by atoms with E-state index in [4.69, 9.17) is 22.3 Å². The Morgan fingerprint density at radius 3 is 1.38 bits per heavy atom. The SMILES string of the molecule is CC(C)CCn1cc(NC(=O)c2cnc(C(=O)Nc3cc(C(=O)NCCCC(=N)N)n(CCC(C)C)c3)cn2)cc1C(=O)NCCCC(=N)N. The number of hydrogen-bond acceptors (Lipinski definition) is 8. The van der Waals surface area contributed by atoms with Gasteiger partial charge in [0, 0.05) is 51.4 Å². The van der Waals surface area contributed by atoms with Crippen LogP contribution in [0.2, 0.25) is 0 Å². The molecule has 0 bridgehead atoms. The first-order valence-electron chi connectivity index (χ1n) is 16.8. The highest BCUT2D eigenvalue weighted by Gasteiger charge is 2.19. The Labute approximate surface area is 292 Å². The minimum atomic E-state index is -0.569. The fourth-order valence-electron chi connectivity index (χ4n) is 4.80. The minimum Gasteiger partial charge on any atom is -0.388 e. The Balaban J connectivity index is 1.67. The van der Waals surface area contributed by atoms with Gasteiger partial charge in [0.05, 0.1) is 35.4 Å². The molecule has 10 N–H and O–H groups in total. The summed E-state index contributed by atoms with van der Waals surface area (Å²) in [4.78, 5) is 60.2. The summed E-state index contributed by atoms with van der Waals surface area (Å²) in [5.41, 5.74) is 12.3. The number of amidine groups is 2. The zero-order valence-corrected chi connectivity index (χ0v) is 29.3. The van der Waals surface area contributed by atoms with Crippen LogP contribution in [0.4, 0.5) is 11.4 Å². The molecule has 3 heterocycles. The molecule has 50 heavy (non-hydrogen) atoms. The summed E-state index contributed by atoms with van der Waals surface area (Å²) in [6.07, 6.45) is 9.24. The third-order valence-corrected chi connectivity index (χ3v) is 7.60. The van der Waals surface area contributed by atoms with Crippen molar-refractivity contribution < 1.29 is 19.2 Å². The third-order valence-electron chi connectivity index (χ3n) is 7.60. The zero-order valence-electron chi connectivity index (χ0n) is 29.3. The number of carbonyl (C=O) groups excluding carboxylic acids is 4. The predicted octanol–water partition coefficient (Wildman–Crippen LogP) is 3.57. The number of nitrogens with two attached hydrogens (primary N) is 2. The van der Waals surface area contributed by atoms with Gasteiger partial charge in [-0.25, -0.2) is 9.97 Å². The van der Waals surface area contributed by atoms with Crippen LogP contribution < -0.4 is 32.7 Å². The molecule has 270 valence electrons. The van der Waals surface area contributed by atoms with Gasteiger partial charge in [-0.15, -0.1) is 0 Å². The lowest BCUT2D eigenvalue weighted by atomic mass is 10.1. The van der Waals surface area contributed by atoms with Crippen molar-refractivity contribution in [3.8, 4) is 0 Å². The van der Waals surface area contributed by atoms with E-state index in [-0.39, 0.29) is 34.9 Å². The lowest BCUT2D eigenvalue weighted by molar-refractivity contribution is 0.0935. The Morgan fingerprint density at radius 1 is 0.680 bits per heavy atom. The van der Waals surface area contributed by atoms with E-state index in [0.29, 0.717) is 86.5 Å². The first-order valence-corrected chi connectivity index (χ1v) is 16.8. The van der Waals surface area contributed by atoms with E-state index in [1.807, 2.05) is 0 Å². The second-order valence-corrected chi connectivity index (χ2v) is 12.9. The molecule has 0 radical (unpaired) electrons. The predicted molar refractivity (Wildman–Crippen MR) is 193 cm³/mol. The van der Waals surface area contributed by atoms with Gasteiger partial charge in [0.15, 0.2) is 0 Å². The molecule has 0 aliphatic rings. The summed E-state index contributed by atoms with van der Waals surface area (Å²) in [7, 11) is 0. The van der Waals surface area contributed by atoms with E-state index in [1.165, 1.54) is 12.4 Å². The molecule has 0 saturated heterocycles. The van der Waals surface area contributed by atoms with E-state index in [2.05, 4.69) is 58.9 Å². The number of amides is 4. The number of aromatic nitrogens is 4. The highest BCUT2D eigenvalue weighted by atomic mass is 16.2. The Morgan fingerprint density at radius 2 is 1.06 bits per heavy atom. The zero-order chi connectivity index (χ0) is 36.8. The molecule has 0 spiro atoms. The standard InChI is InChI=1S/C34H50N12O4/c1-21(2)9-13-45-19-23(15-27(45)33(49)39-11-5-7-29(35)36)43-31(47)25-17-42-26(18-41-25)32(48)44-24-16-28(46(20-24)14-10-22(3)4)34(50)40-12-6-8-30(37)38/h15-22H,5-14H2,1-4H3,(H3,35,36)(H3,37,38)(H,39,49)(H,40,50)(H,43,47)(H,44,48). The molecule has 0 atom stereocenters. The summed E-state index contributed by atoms with van der Waals surface area (Å²) in [5, 5.41) is 25.8. The fourth-order valence-corrected chi connectivity index (χ4v) is 4.80. The van der Waals surface area contributed by atoms with Crippen LogP contribution in [0.15, 0.2) is 36.9 Å². The quantitative estimate of drug-likeness (QED) is 0.0493.